The van der Waals surface area contributed by atoms with Crippen LogP contribution in [0.4, 0.5) is 11.4 Å². The Labute approximate surface area is 251 Å². The van der Waals surface area contributed by atoms with Crippen molar-refractivity contribution in [1.29, 1.82) is 0 Å². The quantitative estimate of drug-likeness (QED) is 0.114. The fourth-order valence-electron chi connectivity index (χ4n) is 5.14. The van der Waals surface area contributed by atoms with Gasteiger partial charge < -0.3 is 20.8 Å². The number of unbranched alkanes of at least 4 members (excludes halogenated alkanes) is 10. The van der Waals surface area contributed by atoms with Crippen LogP contribution in [0.2, 0.25) is 0 Å². The van der Waals surface area contributed by atoms with E-state index in [9.17, 15) is 19.8 Å². The summed E-state index contributed by atoms with van der Waals surface area (Å²) in [5.41, 5.74) is 3.38. The number of nitrogens with one attached hydrogen (secondary N) is 2. The summed E-state index contributed by atoms with van der Waals surface area (Å²) in [5, 5.41) is 26.6. The maximum absolute atomic E-state index is 12.9. The van der Waals surface area contributed by atoms with E-state index in [1.807, 2.05) is 12.1 Å². The number of carbonyl (C=O) groups excluding carboxylic acids is 2. The van der Waals surface area contributed by atoms with Crippen molar-refractivity contribution < 1.29 is 19.8 Å². The van der Waals surface area contributed by atoms with Crippen LogP contribution in [0, 0.1) is 0 Å². The fraction of sp³-hybridized carbons (Fsp3) is 0.444. The molecule has 0 saturated heterocycles. The van der Waals surface area contributed by atoms with Crippen molar-refractivity contribution in [2.75, 3.05) is 10.6 Å². The minimum Gasteiger partial charge on any atom is -0.507 e. The van der Waals surface area contributed by atoms with Gasteiger partial charge in [-0.3, -0.25) is 9.59 Å². The number of anilines is 2. The van der Waals surface area contributed by atoms with Gasteiger partial charge in [0, 0.05) is 11.4 Å². The number of phenolic OH excluding ortho intramolecular Hbond substituents is 2. The number of rotatable bonds is 18. The summed E-state index contributed by atoms with van der Waals surface area (Å²) in [6.07, 6.45) is 16.2. The zero-order chi connectivity index (χ0) is 30.2. The van der Waals surface area contributed by atoms with Gasteiger partial charge in [0.1, 0.15) is 11.5 Å². The summed E-state index contributed by atoms with van der Waals surface area (Å²) in [7, 11) is 0. The minimum atomic E-state index is -0.430. The Morgan fingerprint density at radius 3 is 1.36 bits per heavy atom. The molecule has 3 aromatic carbocycles. The van der Waals surface area contributed by atoms with Crippen LogP contribution < -0.4 is 10.6 Å². The van der Waals surface area contributed by atoms with Gasteiger partial charge in [-0.25, -0.2) is 0 Å². The predicted molar refractivity (Wildman–Crippen MR) is 173 cm³/mol. The Hall–Kier alpha value is -3.80. The Bertz CT molecular complexity index is 1190. The van der Waals surface area contributed by atoms with Crippen LogP contribution in [0.3, 0.4) is 0 Å². The first-order valence-corrected chi connectivity index (χ1v) is 15.8. The van der Waals surface area contributed by atoms with Gasteiger partial charge in [0.25, 0.3) is 11.8 Å². The Morgan fingerprint density at radius 2 is 0.952 bits per heavy atom. The van der Waals surface area contributed by atoms with Crippen LogP contribution in [0.5, 0.6) is 11.5 Å². The van der Waals surface area contributed by atoms with Gasteiger partial charge in [-0.2, -0.15) is 0 Å². The summed E-state index contributed by atoms with van der Waals surface area (Å²) in [4.78, 5) is 25.8. The molecule has 226 valence electrons. The number of aromatic hydroxyl groups is 2. The SMILES string of the molecule is CCCCCCCCc1ccc(C(=O)Nc2cccc(NC(=O)c3ccc(CCCCCCCC)cc3O)c2)c(O)c1. The second-order valence-electron chi connectivity index (χ2n) is 11.2. The molecule has 0 fully saturated rings. The molecule has 6 nitrogen and oxygen atoms in total. The number of amides is 2. The number of benzene rings is 3. The van der Waals surface area contributed by atoms with Crippen LogP contribution in [-0.2, 0) is 12.8 Å². The lowest BCUT2D eigenvalue weighted by molar-refractivity contribution is 0.101. The highest BCUT2D eigenvalue weighted by atomic mass is 16.3. The van der Waals surface area contributed by atoms with Crippen molar-refractivity contribution in [3.63, 3.8) is 0 Å². The van der Waals surface area contributed by atoms with E-state index in [1.54, 1.807) is 48.5 Å². The van der Waals surface area contributed by atoms with Crippen LogP contribution in [0.25, 0.3) is 0 Å². The molecule has 0 aliphatic heterocycles. The molecular weight excluding hydrogens is 524 g/mol. The third-order valence-electron chi connectivity index (χ3n) is 7.63. The topological polar surface area (TPSA) is 98.7 Å². The highest BCUT2D eigenvalue weighted by Crippen LogP contribution is 2.25. The lowest BCUT2D eigenvalue weighted by Crippen LogP contribution is -2.14. The van der Waals surface area contributed by atoms with Crippen LogP contribution >= 0.6 is 0 Å². The van der Waals surface area contributed by atoms with Gasteiger partial charge in [0.15, 0.2) is 0 Å². The maximum Gasteiger partial charge on any atom is 0.259 e. The van der Waals surface area contributed by atoms with Crippen molar-refractivity contribution in [2.45, 2.75) is 104 Å². The highest BCUT2D eigenvalue weighted by molar-refractivity contribution is 6.08. The monoisotopic (exact) mass is 572 g/mol. The highest BCUT2D eigenvalue weighted by Gasteiger charge is 2.15. The second-order valence-corrected chi connectivity index (χ2v) is 11.2. The molecule has 3 rings (SSSR count). The van der Waals surface area contributed by atoms with E-state index in [2.05, 4.69) is 24.5 Å². The zero-order valence-corrected chi connectivity index (χ0v) is 25.4. The molecule has 3 aromatic rings. The number of phenols is 2. The first-order chi connectivity index (χ1) is 20.4. The average Bonchev–Trinajstić information content (AvgIpc) is 2.97. The van der Waals surface area contributed by atoms with E-state index >= 15 is 0 Å². The van der Waals surface area contributed by atoms with Crippen molar-refractivity contribution in [3.05, 3.63) is 82.9 Å². The standard InChI is InChI=1S/C36H48N2O4/c1-3-5-7-9-11-13-16-27-20-22-31(33(39)24-27)35(41)37-29-18-15-19-30(26-29)38-36(42)32-23-21-28(25-34(32)40)17-14-12-10-8-6-4-2/h15,18-26,39-40H,3-14,16-17H2,1-2H3,(H,37,41)(H,38,42). The van der Waals surface area contributed by atoms with Crippen molar-refractivity contribution in [1.82, 2.24) is 0 Å². The molecule has 0 unspecified atom stereocenters. The van der Waals surface area contributed by atoms with Gasteiger partial charge >= 0.3 is 0 Å². The number of aryl methyl sites for hydroxylation is 2. The molecule has 0 aliphatic rings. The summed E-state index contributed by atoms with van der Waals surface area (Å²) in [5.74, 6) is -0.951. The summed E-state index contributed by atoms with van der Waals surface area (Å²) >= 11 is 0. The Balaban J connectivity index is 1.52. The lowest BCUT2D eigenvalue weighted by atomic mass is 10.0. The lowest BCUT2D eigenvalue weighted by Gasteiger charge is -2.11. The van der Waals surface area contributed by atoms with Crippen LogP contribution in [-0.4, -0.2) is 22.0 Å². The predicted octanol–water partition coefficient (Wildman–Crippen LogP) is 9.41. The van der Waals surface area contributed by atoms with E-state index < -0.39 is 11.8 Å². The van der Waals surface area contributed by atoms with E-state index in [0.29, 0.717) is 11.4 Å². The molecule has 0 spiro atoms. The largest absolute Gasteiger partial charge is 0.507 e. The van der Waals surface area contributed by atoms with Gasteiger partial charge in [-0.15, -0.1) is 0 Å². The second kappa shape index (κ2) is 17.9. The molecule has 0 saturated carbocycles. The molecule has 0 atom stereocenters. The number of hydrogen-bond acceptors (Lipinski definition) is 4. The van der Waals surface area contributed by atoms with Gasteiger partial charge in [0.2, 0.25) is 0 Å². The van der Waals surface area contributed by atoms with Crippen LogP contribution in [0.15, 0.2) is 60.7 Å². The third-order valence-corrected chi connectivity index (χ3v) is 7.63. The summed E-state index contributed by atoms with van der Waals surface area (Å²) in [6, 6.07) is 17.2. The Kier molecular flexibility index (Phi) is 13.9. The van der Waals surface area contributed by atoms with Crippen molar-refractivity contribution in [2.24, 2.45) is 0 Å². The molecule has 2 amide bonds. The van der Waals surface area contributed by atoms with Gasteiger partial charge in [0.05, 0.1) is 11.1 Å². The van der Waals surface area contributed by atoms with Gasteiger partial charge in [-0.1, -0.05) is 96.3 Å². The molecule has 0 aliphatic carbocycles. The third kappa shape index (κ3) is 10.9. The molecule has 0 radical (unpaired) electrons. The van der Waals surface area contributed by atoms with Crippen molar-refractivity contribution in [3.8, 4) is 11.5 Å². The molecule has 42 heavy (non-hydrogen) atoms. The van der Waals surface area contributed by atoms with E-state index in [-0.39, 0.29) is 22.6 Å². The summed E-state index contributed by atoms with van der Waals surface area (Å²) in [6.45, 7) is 4.41. The molecule has 0 aromatic heterocycles. The summed E-state index contributed by atoms with van der Waals surface area (Å²) < 4.78 is 0. The smallest absolute Gasteiger partial charge is 0.259 e. The average molecular weight is 573 g/mol. The molecule has 0 heterocycles. The zero-order valence-electron chi connectivity index (χ0n) is 25.4. The maximum atomic E-state index is 12.9. The Morgan fingerprint density at radius 1 is 0.548 bits per heavy atom. The molecule has 0 bridgehead atoms. The minimum absolute atomic E-state index is 0.0455. The first kappa shape index (κ1) is 32.7. The molecule has 6 heteroatoms. The molecule has 4 N–H and O–H groups in total. The van der Waals surface area contributed by atoms with E-state index in [4.69, 9.17) is 0 Å². The van der Waals surface area contributed by atoms with Crippen molar-refractivity contribution >= 4 is 23.2 Å². The molecular formula is C36H48N2O4. The first-order valence-electron chi connectivity index (χ1n) is 15.8. The van der Waals surface area contributed by atoms with Crippen LogP contribution in [0.1, 0.15) is 123 Å². The fourth-order valence-corrected chi connectivity index (χ4v) is 5.14. The van der Waals surface area contributed by atoms with E-state index in [0.717, 1.165) is 36.8 Å². The van der Waals surface area contributed by atoms with E-state index in [1.165, 1.54) is 64.2 Å². The normalized spacial score (nSPS) is 10.9. The number of carbonyl (C=O) groups is 2. The van der Waals surface area contributed by atoms with Gasteiger partial charge in [-0.05, 0) is 79.3 Å². The number of hydrogen-bond donors (Lipinski definition) is 4.